The predicted molar refractivity (Wildman–Crippen MR) is 103 cm³/mol. The van der Waals surface area contributed by atoms with E-state index < -0.39 is 5.25 Å². The van der Waals surface area contributed by atoms with Crippen LogP contribution in [-0.2, 0) is 4.79 Å². The highest BCUT2D eigenvalue weighted by atomic mass is 79.9. The zero-order valence-electron chi connectivity index (χ0n) is 13.1. The van der Waals surface area contributed by atoms with Crippen molar-refractivity contribution in [2.75, 3.05) is 5.32 Å². The van der Waals surface area contributed by atoms with Crippen LogP contribution in [0, 0.1) is 0 Å². The van der Waals surface area contributed by atoms with Crippen LogP contribution >= 0.6 is 39.3 Å². The first-order valence-corrected chi connectivity index (χ1v) is 9.39. The Morgan fingerprint density at radius 2 is 2.00 bits per heavy atom. The number of nitrogens with zero attached hydrogens (tertiary/aromatic N) is 2. The predicted octanol–water partition coefficient (Wildman–Crippen LogP) is 5.27. The maximum atomic E-state index is 12.3. The van der Waals surface area contributed by atoms with E-state index in [1.54, 1.807) is 19.1 Å². The first-order chi connectivity index (χ1) is 12.0. The molecule has 2 aromatic carbocycles. The second-order valence-corrected chi connectivity index (χ2v) is 7.78. The van der Waals surface area contributed by atoms with Crippen molar-refractivity contribution in [3.8, 4) is 11.5 Å². The number of thioether (sulfide) groups is 1. The van der Waals surface area contributed by atoms with Crippen LogP contribution in [0.4, 0.5) is 5.69 Å². The summed E-state index contributed by atoms with van der Waals surface area (Å²) in [7, 11) is 0. The molecule has 0 aliphatic carbocycles. The van der Waals surface area contributed by atoms with Gasteiger partial charge in [-0.1, -0.05) is 45.4 Å². The first-order valence-electron chi connectivity index (χ1n) is 7.34. The molecule has 1 atom stereocenters. The average Bonchev–Trinajstić information content (AvgIpc) is 3.05. The molecule has 1 N–H and O–H groups in total. The van der Waals surface area contributed by atoms with Gasteiger partial charge in [0.25, 0.3) is 5.22 Å². The highest BCUT2D eigenvalue weighted by Gasteiger charge is 2.19. The number of nitrogens with one attached hydrogen (secondary N) is 1. The number of benzene rings is 2. The quantitative estimate of drug-likeness (QED) is 0.549. The number of carbonyl (C=O) groups is 1. The molecule has 1 heterocycles. The fourth-order valence-electron chi connectivity index (χ4n) is 1.98. The minimum absolute atomic E-state index is 0.144. The molecular formula is C17H13BrClN3O2S. The molecule has 0 radical (unpaired) electrons. The summed E-state index contributed by atoms with van der Waals surface area (Å²) in [6.07, 6.45) is 0. The Balaban J connectivity index is 1.64. The van der Waals surface area contributed by atoms with Crippen molar-refractivity contribution >= 4 is 50.9 Å². The molecule has 1 aromatic heterocycles. The Labute approximate surface area is 162 Å². The minimum Gasteiger partial charge on any atom is -0.411 e. The lowest BCUT2D eigenvalue weighted by atomic mass is 10.2. The topological polar surface area (TPSA) is 68.0 Å². The number of hydrogen-bond acceptors (Lipinski definition) is 5. The van der Waals surface area contributed by atoms with E-state index in [4.69, 9.17) is 16.0 Å². The van der Waals surface area contributed by atoms with Gasteiger partial charge in [0.1, 0.15) is 0 Å². The van der Waals surface area contributed by atoms with E-state index >= 15 is 0 Å². The number of hydrogen-bond donors (Lipinski definition) is 1. The van der Waals surface area contributed by atoms with Crippen LogP contribution in [0.3, 0.4) is 0 Å². The SMILES string of the molecule is C[C@H](Sc1nnc(-c2cccc(Cl)c2)o1)C(=O)Nc1ccc(Br)cc1. The highest BCUT2D eigenvalue weighted by Crippen LogP contribution is 2.28. The molecule has 0 unspecified atom stereocenters. The second kappa shape index (κ2) is 8.03. The van der Waals surface area contributed by atoms with Gasteiger partial charge in [-0.3, -0.25) is 4.79 Å². The van der Waals surface area contributed by atoms with Gasteiger partial charge in [-0.05, 0) is 49.4 Å². The van der Waals surface area contributed by atoms with Gasteiger partial charge in [0, 0.05) is 20.7 Å². The van der Waals surface area contributed by atoms with Gasteiger partial charge >= 0.3 is 0 Å². The van der Waals surface area contributed by atoms with Gasteiger partial charge in [0.05, 0.1) is 5.25 Å². The Hall–Kier alpha value is -1.83. The summed E-state index contributed by atoms with van der Waals surface area (Å²) in [6.45, 7) is 1.78. The van der Waals surface area contributed by atoms with Crippen molar-refractivity contribution < 1.29 is 9.21 Å². The minimum atomic E-state index is -0.392. The van der Waals surface area contributed by atoms with Crippen molar-refractivity contribution in [2.24, 2.45) is 0 Å². The molecule has 128 valence electrons. The molecule has 8 heteroatoms. The normalized spacial score (nSPS) is 12.0. The summed E-state index contributed by atoms with van der Waals surface area (Å²) >= 11 is 10.5. The zero-order valence-corrected chi connectivity index (χ0v) is 16.2. The Bertz CT molecular complexity index is 886. The Kier molecular flexibility index (Phi) is 5.78. The fourth-order valence-corrected chi connectivity index (χ4v) is 3.12. The number of rotatable bonds is 5. The van der Waals surface area contributed by atoms with Crippen molar-refractivity contribution in [3.63, 3.8) is 0 Å². The summed E-state index contributed by atoms with van der Waals surface area (Å²) in [6, 6.07) is 14.5. The molecule has 0 aliphatic rings. The molecule has 0 saturated heterocycles. The zero-order chi connectivity index (χ0) is 17.8. The van der Waals surface area contributed by atoms with Crippen LogP contribution in [0.25, 0.3) is 11.5 Å². The molecule has 3 rings (SSSR count). The molecule has 3 aromatic rings. The van der Waals surface area contributed by atoms with Gasteiger partial charge in [0.2, 0.25) is 11.8 Å². The van der Waals surface area contributed by atoms with Gasteiger partial charge in [-0.25, -0.2) is 0 Å². The Morgan fingerprint density at radius 3 is 2.72 bits per heavy atom. The van der Waals surface area contributed by atoms with Crippen LogP contribution in [-0.4, -0.2) is 21.4 Å². The van der Waals surface area contributed by atoms with Crippen LogP contribution in [0.2, 0.25) is 5.02 Å². The largest absolute Gasteiger partial charge is 0.411 e. The third-order valence-electron chi connectivity index (χ3n) is 3.24. The molecule has 5 nitrogen and oxygen atoms in total. The summed E-state index contributed by atoms with van der Waals surface area (Å²) in [5.74, 6) is 0.223. The van der Waals surface area contributed by atoms with Crippen molar-refractivity contribution in [1.82, 2.24) is 10.2 Å². The number of halogens is 2. The fraction of sp³-hybridized carbons (Fsp3) is 0.118. The number of aromatic nitrogens is 2. The third-order valence-corrected chi connectivity index (χ3v) is 4.93. The summed E-state index contributed by atoms with van der Waals surface area (Å²) in [4.78, 5) is 12.3. The number of amides is 1. The van der Waals surface area contributed by atoms with E-state index in [1.807, 2.05) is 36.4 Å². The number of carbonyl (C=O) groups excluding carboxylic acids is 1. The summed E-state index contributed by atoms with van der Waals surface area (Å²) in [5, 5.41) is 11.4. The molecule has 0 fully saturated rings. The lowest BCUT2D eigenvalue weighted by Crippen LogP contribution is -2.22. The lowest BCUT2D eigenvalue weighted by Gasteiger charge is -2.09. The molecular weight excluding hydrogens is 426 g/mol. The Morgan fingerprint density at radius 1 is 1.24 bits per heavy atom. The van der Waals surface area contributed by atoms with Gasteiger partial charge in [-0.2, -0.15) is 0 Å². The van der Waals surface area contributed by atoms with E-state index in [0.29, 0.717) is 16.1 Å². The van der Waals surface area contributed by atoms with Crippen LogP contribution in [0.5, 0.6) is 0 Å². The second-order valence-electron chi connectivity index (χ2n) is 5.14. The monoisotopic (exact) mass is 437 g/mol. The summed E-state index contributed by atoms with van der Waals surface area (Å²) in [5.41, 5.74) is 1.46. The molecule has 0 aliphatic heterocycles. The van der Waals surface area contributed by atoms with Gasteiger partial charge in [0.15, 0.2) is 0 Å². The van der Waals surface area contributed by atoms with E-state index in [9.17, 15) is 4.79 Å². The molecule has 0 bridgehead atoms. The maximum Gasteiger partial charge on any atom is 0.277 e. The highest BCUT2D eigenvalue weighted by molar-refractivity contribution is 9.10. The smallest absolute Gasteiger partial charge is 0.277 e. The standard InChI is InChI=1S/C17H13BrClN3O2S/c1-10(15(23)20-14-7-5-12(18)6-8-14)25-17-22-21-16(24-17)11-3-2-4-13(19)9-11/h2-10H,1H3,(H,20,23)/t10-/m0/s1. The van der Waals surface area contributed by atoms with Crippen LogP contribution < -0.4 is 5.32 Å². The van der Waals surface area contributed by atoms with E-state index in [2.05, 4.69) is 31.4 Å². The van der Waals surface area contributed by atoms with Crippen molar-refractivity contribution in [2.45, 2.75) is 17.4 Å². The summed E-state index contributed by atoms with van der Waals surface area (Å²) < 4.78 is 6.56. The van der Waals surface area contributed by atoms with Crippen LogP contribution in [0.15, 0.2) is 62.6 Å². The van der Waals surface area contributed by atoms with E-state index in [0.717, 1.165) is 15.7 Å². The van der Waals surface area contributed by atoms with E-state index in [1.165, 1.54) is 11.8 Å². The van der Waals surface area contributed by atoms with Crippen LogP contribution in [0.1, 0.15) is 6.92 Å². The lowest BCUT2D eigenvalue weighted by molar-refractivity contribution is -0.115. The third kappa shape index (κ3) is 4.84. The van der Waals surface area contributed by atoms with E-state index in [-0.39, 0.29) is 5.91 Å². The number of anilines is 1. The van der Waals surface area contributed by atoms with Crippen molar-refractivity contribution in [1.29, 1.82) is 0 Å². The molecule has 0 saturated carbocycles. The molecule has 0 spiro atoms. The maximum absolute atomic E-state index is 12.3. The van der Waals surface area contributed by atoms with Gasteiger partial charge in [-0.15, -0.1) is 10.2 Å². The van der Waals surface area contributed by atoms with Gasteiger partial charge < -0.3 is 9.73 Å². The first kappa shape index (κ1) is 18.0. The average molecular weight is 439 g/mol. The molecule has 25 heavy (non-hydrogen) atoms. The molecule has 1 amide bonds. The van der Waals surface area contributed by atoms with Crippen molar-refractivity contribution in [3.05, 3.63) is 58.0 Å².